The molecule has 2 aromatic carbocycles. The highest BCUT2D eigenvalue weighted by Crippen LogP contribution is 2.26. The van der Waals surface area contributed by atoms with Crippen molar-refractivity contribution in [1.29, 1.82) is 5.26 Å². The number of nitriles is 1. The van der Waals surface area contributed by atoms with Gasteiger partial charge in [-0.2, -0.15) is 5.26 Å². The molecule has 0 atom stereocenters. The van der Waals surface area contributed by atoms with E-state index in [1.165, 1.54) is 0 Å². The number of nitrogens with zero attached hydrogens (tertiary/aromatic N) is 5. The Morgan fingerprint density at radius 1 is 1.07 bits per heavy atom. The van der Waals surface area contributed by atoms with Crippen LogP contribution in [0.3, 0.4) is 0 Å². The third-order valence-electron chi connectivity index (χ3n) is 4.67. The molecule has 0 spiro atoms. The lowest BCUT2D eigenvalue weighted by Gasteiger charge is -2.28. The van der Waals surface area contributed by atoms with Gasteiger partial charge in [0.05, 0.1) is 24.5 Å². The Morgan fingerprint density at radius 3 is 2.57 bits per heavy atom. The maximum atomic E-state index is 9.87. The number of rotatable bonds is 4. The predicted octanol–water partition coefficient (Wildman–Crippen LogP) is 3.48. The zero-order valence-corrected chi connectivity index (χ0v) is 15.7. The molecule has 0 N–H and O–H groups in total. The molecule has 6 heteroatoms. The monoisotopic (exact) mass is 371 g/mol. The van der Waals surface area contributed by atoms with Crippen molar-refractivity contribution in [2.75, 3.05) is 31.2 Å². The molecule has 4 rings (SSSR count). The number of ether oxygens (including phenoxy) is 1. The van der Waals surface area contributed by atoms with Gasteiger partial charge in [0.1, 0.15) is 6.07 Å². The first-order valence-corrected chi connectivity index (χ1v) is 9.28. The summed E-state index contributed by atoms with van der Waals surface area (Å²) in [4.78, 5) is 2.15. The summed E-state index contributed by atoms with van der Waals surface area (Å²) >= 11 is 0. The van der Waals surface area contributed by atoms with Gasteiger partial charge in [-0.25, -0.2) is 0 Å². The average Bonchev–Trinajstić information content (AvgIpc) is 3.18. The lowest BCUT2D eigenvalue weighted by atomic mass is 10.1. The lowest BCUT2D eigenvalue weighted by molar-refractivity contribution is 0.122. The molecule has 0 amide bonds. The van der Waals surface area contributed by atoms with Crippen molar-refractivity contribution in [2.45, 2.75) is 6.92 Å². The van der Waals surface area contributed by atoms with E-state index >= 15 is 0 Å². The van der Waals surface area contributed by atoms with E-state index in [9.17, 15) is 5.26 Å². The van der Waals surface area contributed by atoms with Crippen LogP contribution in [0.1, 0.15) is 17.0 Å². The summed E-state index contributed by atoms with van der Waals surface area (Å²) in [5.41, 5.74) is 3.51. The summed E-state index contributed by atoms with van der Waals surface area (Å²) in [7, 11) is 0. The van der Waals surface area contributed by atoms with E-state index in [0.717, 1.165) is 35.9 Å². The van der Waals surface area contributed by atoms with Gasteiger partial charge in [0.25, 0.3) is 0 Å². The van der Waals surface area contributed by atoms with Crippen LogP contribution >= 0.6 is 0 Å². The number of anilines is 1. The number of morpholine rings is 1. The second-order valence-corrected chi connectivity index (χ2v) is 6.68. The predicted molar refractivity (Wildman–Crippen MR) is 109 cm³/mol. The largest absolute Gasteiger partial charge is 0.378 e. The lowest BCUT2D eigenvalue weighted by Crippen LogP contribution is -2.38. The second-order valence-electron chi connectivity index (χ2n) is 6.68. The molecule has 1 aliphatic heterocycles. The standard InChI is InChI=1S/C22H21N5O/c1-17-6-5-7-18(14-17)15-19(16-23)21-24-25-22(26-10-12-28-13-11-26)27(21)20-8-3-2-4-9-20/h2-9,14-15H,10-13H2,1H3/b19-15+. The highest BCUT2D eigenvalue weighted by Gasteiger charge is 2.23. The van der Waals surface area contributed by atoms with E-state index in [4.69, 9.17) is 4.74 Å². The molecule has 6 nitrogen and oxygen atoms in total. The number of hydrogen-bond donors (Lipinski definition) is 0. The fraction of sp³-hybridized carbons (Fsp3) is 0.227. The Hall–Kier alpha value is -3.43. The van der Waals surface area contributed by atoms with Crippen molar-refractivity contribution in [1.82, 2.24) is 14.8 Å². The van der Waals surface area contributed by atoms with Gasteiger partial charge in [-0.3, -0.25) is 4.57 Å². The fourth-order valence-electron chi connectivity index (χ4n) is 3.31. The summed E-state index contributed by atoms with van der Waals surface area (Å²) in [6, 6.07) is 20.3. The Balaban J connectivity index is 1.84. The number of hydrogen-bond acceptors (Lipinski definition) is 5. The highest BCUT2D eigenvalue weighted by atomic mass is 16.5. The number of allylic oxidation sites excluding steroid dienone is 1. The second kappa shape index (κ2) is 8.07. The first-order chi connectivity index (χ1) is 13.8. The van der Waals surface area contributed by atoms with Gasteiger partial charge in [-0.15, -0.1) is 10.2 Å². The van der Waals surface area contributed by atoms with Crippen LogP contribution in [-0.4, -0.2) is 41.1 Å². The maximum Gasteiger partial charge on any atom is 0.232 e. The van der Waals surface area contributed by atoms with Gasteiger partial charge >= 0.3 is 0 Å². The molecular weight excluding hydrogens is 350 g/mol. The topological polar surface area (TPSA) is 67.0 Å². The zero-order valence-electron chi connectivity index (χ0n) is 15.7. The number of benzene rings is 2. The van der Waals surface area contributed by atoms with Gasteiger partial charge in [0.15, 0.2) is 5.82 Å². The van der Waals surface area contributed by atoms with Gasteiger partial charge in [0, 0.05) is 13.1 Å². The number of aromatic nitrogens is 3. The smallest absolute Gasteiger partial charge is 0.232 e. The van der Waals surface area contributed by atoms with Crippen LogP contribution in [0.5, 0.6) is 0 Å². The molecule has 3 aromatic rings. The Morgan fingerprint density at radius 2 is 1.86 bits per heavy atom. The van der Waals surface area contributed by atoms with E-state index in [1.807, 2.05) is 72.2 Å². The molecular formula is C22H21N5O. The van der Waals surface area contributed by atoms with E-state index < -0.39 is 0 Å². The minimum absolute atomic E-state index is 0.474. The van der Waals surface area contributed by atoms with Crippen molar-refractivity contribution < 1.29 is 4.74 Å². The summed E-state index contributed by atoms with van der Waals surface area (Å²) in [6.07, 6.45) is 1.86. The quantitative estimate of drug-likeness (QED) is 0.657. The van der Waals surface area contributed by atoms with Crippen LogP contribution in [0.2, 0.25) is 0 Å². The molecule has 1 aliphatic rings. The minimum Gasteiger partial charge on any atom is -0.378 e. The molecule has 1 fully saturated rings. The first-order valence-electron chi connectivity index (χ1n) is 9.28. The Bertz CT molecular complexity index is 1030. The van der Waals surface area contributed by atoms with Crippen molar-refractivity contribution in [2.24, 2.45) is 0 Å². The Kier molecular flexibility index (Phi) is 5.18. The van der Waals surface area contributed by atoms with Crippen LogP contribution in [0.4, 0.5) is 5.95 Å². The van der Waals surface area contributed by atoms with E-state index in [-0.39, 0.29) is 0 Å². The molecule has 140 valence electrons. The fourth-order valence-corrected chi connectivity index (χ4v) is 3.31. The molecule has 0 unspecified atom stereocenters. The van der Waals surface area contributed by atoms with E-state index in [1.54, 1.807) is 0 Å². The van der Waals surface area contributed by atoms with Gasteiger partial charge < -0.3 is 9.64 Å². The summed E-state index contributed by atoms with van der Waals surface area (Å²) in [5, 5.41) is 18.7. The van der Waals surface area contributed by atoms with Crippen LogP contribution < -0.4 is 4.90 Å². The molecule has 1 saturated heterocycles. The third-order valence-corrected chi connectivity index (χ3v) is 4.67. The van der Waals surface area contributed by atoms with Crippen LogP contribution in [-0.2, 0) is 4.74 Å². The van der Waals surface area contributed by atoms with Crippen molar-refractivity contribution in [3.05, 3.63) is 71.5 Å². The molecule has 0 aliphatic carbocycles. The molecule has 0 saturated carbocycles. The summed E-state index contributed by atoms with van der Waals surface area (Å²) in [6.45, 7) is 4.83. The van der Waals surface area contributed by atoms with Crippen LogP contribution in [0.15, 0.2) is 54.6 Å². The molecule has 0 bridgehead atoms. The van der Waals surface area contributed by atoms with Crippen molar-refractivity contribution >= 4 is 17.6 Å². The normalized spacial score (nSPS) is 14.7. The number of para-hydroxylation sites is 1. The van der Waals surface area contributed by atoms with Crippen molar-refractivity contribution in [3.8, 4) is 11.8 Å². The Labute approximate surface area is 164 Å². The third kappa shape index (κ3) is 3.66. The first kappa shape index (κ1) is 18.0. The average molecular weight is 371 g/mol. The van der Waals surface area contributed by atoms with Crippen LogP contribution in [0.25, 0.3) is 17.3 Å². The summed E-state index contributed by atoms with van der Waals surface area (Å²) < 4.78 is 7.42. The van der Waals surface area contributed by atoms with Gasteiger partial charge in [-0.1, -0.05) is 48.0 Å². The van der Waals surface area contributed by atoms with Gasteiger partial charge in [0.2, 0.25) is 5.95 Å². The highest BCUT2D eigenvalue weighted by molar-refractivity contribution is 5.88. The SMILES string of the molecule is Cc1cccc(/C=C(\C#N)c2nnc(N3CCOCC3)n2-c2ccccc2)c1. The van der Waals surface area contributed by atoms with Crippen LogP contribution in [0, 0.1) is 18.3 Å². The maximum absolute atomic E-state index is 9.87. The number of aryl methyl sites for hydroxylation is 1. The summed E-state index contributed by atoms with van der Waals surface area (Å²) in [5.74, 6) is 1.27. The molecule has 1 aromatic heterocycles. The van der Waals surface area contributed by atoms with E-state index in [2.05, 4.69) is 21.2 Å². The van der Waals surface area contributed by atoms with Gasteiger partial charge in [-0.05, 0) is 30.7 Å². The van der Waals surface area contributed by atoms with E-state index in [0.29, 0.717) is 24.6 Å². The molecule has 0 radical (unpaired) electrons. The zero-order chi connectivity index (χ0) is 19.3. The minimum atomic E-state index is 0.474. The molecule has 28 heavy (non-hydrogen) atoms. The van der Waals surface area contributed by atoms with Crippen molar-refractivity contribution in [3.63, 3.8) is 0 Å². The molecule has 2 heterocycles.